The Balaban J connectivity index is 3.04. The summed E-state index contributed by atoms with van der Waals surface area (Å²) in [6.45, 7) is 8.29. The fourth-order valence-corrected chi connectivity index (χ4v) is 1.81. The summed E-state index contributed by atoms with van der Waals surface area (Å²) in [6.07, 6.45) is 3.02. The first-order valence-corrected chi connectivity index (χ1v) is 6.50. The van der Waals surface area contributed by atoms with Gasteiger partial charge >= 0.3 is 6.09 Å². The van der Waals surface area contributed by atoms with E-state index in [-0.39, 0.29) is 24.4 Å². The first kappa shape index (κ1) is 16.1. The lowest BCUT2D eigenvalue weighted by molar-refractivity contribution is -0.117. The molecule has 5 nitrogen and oxygen atoms in total. The third kappa shape index (κ3) is 4.99. The van der Waals surface area contributed by atoms with Crippen LogP contribution in [0.25, 0.3) is 0 Å². The highest BCUT2D eigenvalue weighted by molar-refractivity contribution is 5.82. The van der Waals surface area contributed by atoms with Gasteiger partial charge in [0, 0.05) is 25.2 Å². The highest BCUT2D eigenvalue weighted by Gasteiger charge is 2.20. The van der Waals surface area contributed by atoms with E-state index in [2.05, 4.69) is 0 Å². The van der Waals surface area contributed by atoms with Crippen LogP contribution in [-0.2, 0) is 27.2 Å². The first-order valence-electron chi connectivity index (χ1n) is 6.50. The molecule has 1 aromatic rings. The summed E-state index contributed by atoms with van der Waals surface area (Å²) in [5.74, 6) is -0.0338. The van der Waals surface area contributed by atoms with Gasteiger partial charge in [-0.25, -0.2) is 4.79 Å². The molecular formula is C15H21NO4. The van der Waals surface area contributed by atoms with Gasteiger partial charge in [-0.15, -0.1) is 0 Å². The Labute approximate surface area is 118 Å². The van der Waals surface area contributed by atoms with E-state index in [1.807, 2.05) is 0 Å². The van der Waals surface area contributed by atoms with E-state index in [1.165, 1.54) is 18.4 Å². The number of hydrogen-bond donors (Lipinski definition) is 0. The fourth-order valence-electron chi connectivity index (χ4n) is 1.81. The highest BCUT2D eigenvalue weighted by atomic mass is 16.6. The van der Waals surface area contributed by atoms with E-state index in [9.17, 15) is 14.4 Å². The summed E-state index contributed by atoms with van der Waals surface area (Å²) >= 11 is 0. The van der Waals surface area contributed by atoms with Crippen LogP contribution in [0.5, 0.6) is 0 Å². The molecule has 20 heavy (non-hydrogen) atoms. The molecule has 0 saturated carbocycles. The van der Waals surface area contributed by atoms with Gasteiger partial charge in [-0.1, -0.05) is 0 Å². The van der Waals surface area contributed by atoms with Gasteiger partial charge < -0.3 is 4.74 Å². The van der Waals surface area contributed by atoms with Crippen molar-refractivity contribution in [1.82, 2.24) is 4.57 Å². The van der Waals surface area contributed by atoms with Gasteiger partial charge in [0.2, 0.25) is 0 Å². The van der Waals surface area contributed by atoms with Crippen LogP contribution in [0, 0.1) is 0 Å². The van der Waals surface area contributed by atoms with Crippen molar-refractivity contribution in [2.45, 2.75) is 53.1 Å². The monoisotopic (exact) mass is 279 g/mol. The first-order chi connectivity index (χ1) is 9.08. The number of carbonyl (C=O) groups is 3. The number of ketones is 2. The van der Waals surface area contributed by atoms with E-state index in [4.69, 9.17) is 4.74 Å². The lowest BCUT2D eigenvalue weighted by Crippen LogP contribution is -2.26. The molecule has 0 saturated heterocycles. The smallest absolute Gasteiger partial charge is 0.418 e. The minimum atomic E-state index is -0.594. The Morgan fingerprint density at radius 1 is 1.00 bits per heavy atom. The molecular weight excluding hydrogens is 258 g/mol. The van der Waals surface area contributed by atoms with Gasteiger partial charge in [0.15, 0.2) is 0 Å². The number of nitrogens with zero attached hydrogens (tertiary/aromatic N) is 1. The van der Waals surface area contributed by atoms with E-state index in [0.717, 1.165) is 0 Å². The molecule has 0 amide bonds. The molecule has 0 spiro atoms. The van der Waals surface area contributed by atoms with Crippen molar-refractivity contribution < 1.29 is 19.1 Å². The van der Waals surface area contributed by atoms with Gasteiger partial charge in [-0.2, -0.15) is 0 Å². The lowest BCUT2D eigenvalue weighted by atomic mass is 10.0. The largest absolute Gasteiger partial charge is 0.443 e. The Morgan fingerprint density at radius 3 is 1.70 bits per heavy atom. The Morgan fingerprint density at radius 2 is 1.40 bits per heavy atom. The standard InChI is InChI=1S/C15H21NO4/c1-10(17)6-12-8-16(9-13(12)7-11(2)18)14(19)20-15(3,4)5/h8-9H,6-7H2,1-5H3. The number of hydrogen-bond acceptors (Lipinski definition) is 4. The van der Waals surface area contributed by atoms with E-state index >= 15 is 0 Å². The third-order valence-electron chi connectivity index (χ3n) is 2.49. The van der Waals surface area contributed by atoms with Crippen molar-refractivity contribution in [2.75, 3.05) is 0 Å². The number of aromatic nitrogens is 1. The van der Waals surface area contributed by atoms with E-state index in [1.54, 1.807) is 33.2 Å². The molecule has 5 heteroatoms. The maximum absolute atomic E-state index is 12.0. The van der Waals surface area contributed by atoms with Gasteiger partial charge in [0.1, 0.15) is 17.2 Å². The third-order valence-corrected chi connectivity index (χ3v) is 2.49. The Kier molecular flexibility index (Phi) is 4.87. The van der Waals surface area contributed by atoms with E-state index in [0.29, 0.717) is 11.1 Å². The molecule has 1 aromatic heterocycles. The van der Waals surface area contributed by atoms with Crippen molar-refractivity contribution in [2.24, 2.45) is 0 Å². The molecule has 0 aromatic carbocycles. The normalized spacial score (nSPS) is 11.2. The van der Waals surface area contributed by atoms with Gasteiger partial charge in [0.25, 0.3) is 0 Å². The van der Waals surface area contributed by atoms with Crippen molar-refractivity contribution in [3.63, 3.8) is 0 Å². The number of rotatable bonds is 4. The Hall–Kier alpha value is -1.91. The maximum atomic E-state index is 12.0. The summed E-state index contributed by atoms with van der Waals surface area (Å²) in [7, 11) is 0. The molecule has 0 atom stereocenters. The van der Waals surface area contributed by atoms with Gasteiger partial charge in [0.05, 0.1) is 0 Å². The van der Waals surface area contributed by atoms with Gasteiger partial charge in [-0.3, -0.25) is 14.2 Å². The summed E-state index contributed by atoms with van der Waals surface area (Å²) in [6, 6.07) is 0. The molecule has 0 N–H and O–H groups in total. The van der Waals surface area contributed by atoms with Crippen LogP contribution in [0.2, 0.25) is 0 Å². The van der Waals surface area contributed by atoms with Crippen LogP contribution in [0.4, 0.5) is 4.79 Å². The highest BCUT2D eigenvalue weighted by Crippen LogP contribution is 2.16. The predicted octanol–water partition coefficient (Wildman–Crippen LogP) is 2.53. The maximum Gasteiger partial charge on any atom is 0.418 e. The minimum absolute atomic E-state index is 0.0169. The molecule has 0 aliphatic carbocycles. The quantitative estimate of drug-likeness (QED) is 0.849. The number of carbonyl (C=O) groups excluding carboxylic acids is 3. The molecule has 0 radical (unpaired) electrons. The summed E-state index contributed by atoms with van der Waals surface area (Å²) in [5, 5.41) is 0. The summed E-state index contributed by atoms with van der Waals surface area (Å²) < 4.78 is 6.55. The van der Waals surface area contributed by atoms with Crippen LogP contribution >= 0.6 is 0 Å². The zero-order valence-electron chi connectivity index (χ0n) is 12.6. The van der Waals surface area contributed by atoms with E-state index < -0.39 is 11.7 Å². The van der Waals surface area contributed by atoms with Crippen LogP contribution in [0.15, 0.2) is 12.4 Å². The second-order valence-corrected chi connectivity index (χ2v) is 5.95. The topological polar surface area (TPSA) is 65.4 Å². The van der Waals surface area contributed by atoms with Crippen molar-refractivity contribution >= 4 is 17.7 Å². The zero-order valence-corrected chi connectivity index (χ0v) is 12.6. The van der Waals surface area contributed by atoms with Crippen molar-refractivity contribution in [3.8, 4) is 0 Å². The molecule has 1 rings (SSSR count). The Bertz CT molecular complexity index is 501. The van der Waals surface area contributed by atoms with Crippen molar-refractivity contribution in [3.05, 3.63) is 23.5 Å². The van der Waals surface area contributed by atoms with Crippen LogP contribution in [-0.4, -0.2) is 27.8 Å². The molecule has 110 valence electrons. The second kappa shape index (κ2) is 6.03. The zero-order chi connectivity index (χ0) is 15.5. The lowest BCUT2D eigenvalue weighted by Gasteiger charge is -2.19. The molecule has 1 heterocycles. The molecule has 0 aliphatic rings. The average Bonchev–Trinajstić information content (AvgIpc) is 2.57. The van der Waals surface area contributed by atoms with Crippen LogP contribution in [0.1, 0.15) is 45.7 Å². The van der Waals surface area contributed by atoms with Crippen molar-refractivity contribution in [1.29, 1.82) is 0 Å². The molecule has 0 aliphatic heterocycles. The number of Topliss-reactive ketones (excluding diaryl/α,β-unsaturated/α-hetero) is 2. The average molecular weight is 279 g/mol. The number of ether oxygens (including phenoxy) is 1. The summed E-state index contributed by atoms with van der Waals surface area (Å²) in [5.41, 5.74) is 0.792. The molecule has 0 bridgehead atoms. The predicted molar refractivity (Wildman–Crippen MR) is 74.8 cm³/mol. The molecule has 0 fully saturated rings. The van der Waals surface area contributed by atoms with Crippen LogP contribution < -0.4 is 0 Å². The van der Waals surface area contributed by atoms with Gasteiger partial charge in [-0.05, 0) is 45.7 Å². The molecule has 0 unspecified atom stereocenters. The summed E-state index contributed by atoms with van der Waals surface area (Å²) in [4.78, 5) is 34.5. The minimum Gasteiger partial charge on any atom is -0.443 e. The van der Waals surface area contributed by atoms with Crippen LogP contribution in [0.3, 0.4) is 0 Å². The SMILES string of the molecule is CC(=O)Cc1cn(C(=O)OC(C)(C)C)cc1CC(C)=O. The second-order valence-electron chi connectivity index (χ2n) is 5.95. The fraction of sp³-hybridized carbons (Fsp3) is 0.533.